The summed E-state index contributed by atoms with van der Waals surface area (Å²) in [4.78, 5) is 4.28. The number of rotatable bonds is 1. The predicted molar refractivity (Wildman–Crippen MR) is 53.2 cm³/mol. The Morgan fingerprint density at radius 3 is 3.00 bits per heavy atom. The van der Waals surface area contributed by atoms with Crippen LogP contribution in [-0.2, 0) is 6.54 Å². The van der Waals surface area contributed by atoms with Crippen LogP contribution < -0.4 is 5.73 Å². The summed E-state index contributed by atoms with van der Waals surface area (Å²) in [7, 11) is 0. The third kappa shape index (κ3) is 1.17. The minimum absolute atomic E-state index is 0.00542. The summed E-state index contributed by atoms with van der Waals surface area (Å²) in [5.74, 6) is 1.37. The molecule has 1 aliphatic heterocycles. The number of nitrogens with zero attached hydrogens (tertiary/aromatic N) is 3. The lowest BCUT2D eigenvalue weighted by molar-refractivity contribution is 0.362. The lowest BCUT2D eigenvalue weighted by Crippen LogP contribution is -2.35. The van der Waals surface area contributed by atoms with Crippen LogP contribution in [0.15, 0.2) is 0 Å². The van der Waals surface area contributed by atoms with Gasteiger partial charge in [0.15, 0.2) is 0 Å². The second kappa shape index (κ2) is 2.70. The minimum Gasteiger partial charge on any atom is -0.324 e. The molecule has 5 heteroatoms. The molecule has 0 amide bonds. The van der Waals surface area contributed by atoms with Gasteiger partial charge < -0.3 is 5.73 Å². The summed E-state index contributed by atoms with van der Waals surface area (Å²) in [6.07, 6.45) is 4.49. The molecule has 1 atom stereocenters. The molecule has 3 rings (SSSR count). The predicted octanol–water partition coefficient (Wildman–Crippen LogP) is 1.30. The van der Waals surface area contributed by atoms with Gasteiger partial charge in [0.05, 0.1) is 0 Å². The summed E-state index contributed by atoms with van der Waals surface area (Å²) in [6.45, 7) is 0.932. The molecule has 4 nitrogen and oxygen atoms in total. The molecule has 0 bridgehead atoms. The van der Waals surface area contributed by atoms with Crippen molar-refractivity contribution >= 4 is 11.6 Å². The maximum atomic E-state index is 6.22. The third-order valence-electron chi connectivity index (χ3n) is 3.37. The van der Waals surface area contributed by atoms with Crippen LogP contribution in [-0.4, -0.2) is 20.3 Å². The van der Waals surface area contributed by atoms with Crippen LogP contribution >= 0.6 is 11.6 Å². The van der Waals surface area contributed by atoms with E-state index in [0.717, 1.165) is 38.1 Å². The first-order valence-electron chi connectivity index (χ1n) is 5.08. The molecule has 14 heavy (non-hydrogen) atoms. The second-order valence-corrected chi connectivity index (χ2v) is 4.73. The van der Waals surface area contributed by atoms with Crippen LogP contribution in [0.1, 0.15) is 37.4 Å². The fourth-order valence-electron chi connectivity index (χ4n) is 2.36. The van der Waals surface area contributed by atoms with Gasteiger partial charge in [0.2, 0.25) is 5.28 Å². The largest absolute Gasteiger partial charge is 0.324 e. The Labute approximate surface area is 87.4 Å². The summed E-state index contributed by atoms with van der Waals surface area (Å²) in [5, 5.41) is 4.52. The van der Waals surface area contributed by atoms with Crippen LogP contribution in [0.25, 0.3) is 0 Å². The molecule has 1 unspecified atom stereocenters. The van der Waals surface area contributed by atoms with Crippen molar-refractivity contribution in [1.29, 1.82) is 0 Å². The van der Waals surface area contributed by atoms with Crippen LogP contribution in [0.2, 0.25) is 5.28 Å². The number of aromatic nitrogens is 3. The highest BCUT2D eigenvalue weighted by Crippen LogP contribution is 2.48. The minimum atomic E-state index is -0.00542. The van der Waals surface area contributed by atoms with Crippen molar-refractivity contribution < 1.29 is 0 Å². The van der Waals surface area contributed by atoms with E-state index in [-0.39, 0.29) is 5.54 Å². The summed E-state index contributed by atoms with van der Waals surface area (Å²) in [6, 6.07) is 0. The molecule has 1 saturated carbocycles. The van der Waals surface area contributed by atoms with Gasteiger partial charge in [0.1, 0.15) is 5.82 Å². The summed E-state index contributed by atoms with van der Waals surface area (Å²) in [5.41, 5.74) is 6.22. The molecule has 1 aliphatic carbocycles. The normalized spacial score (nSPS) is 28.6. The fraction of sp³-hybridized carbons (Fsp3) is 0.778. The van der Waals surface area contributed by atoms with Gasteiger partial charge in [-0.1, -0.05) is 0 Å². The highest BCUT2D eigenvalue weighted by molar-refractivity contribution is 6.28. The Bertz CT molecular complexity index is 369. The van der Waals surface area contributed by atoms with Crippen molar-refractivity contribution in [2.75, 3.05) is 0 Å². The summed E-state index contributed by atoms with van der Waals surface area (Å²) < 4.78 is 1.92. The lowest BCUT2D eigenvalue weighted by atomic mass is 9.90. The maximum absolute atomic E-state index is 6.22. The first kappa shape index (κ1) is 8.68. The van der Waals surface area contributed by atoms with E-state index < -0.39 is 0 Å². The van der Waals surface area contributed by atoms with E-state index in [0.29, 0.717) is 11.2 Å². The number of aryl methyl sites for hydroxylation is 1. The van der Waals surface area contributed by atoms with E-state index in [1.165, 1.54) is 0 Å². The highest BCUT2D eigenvalue weighted by Gasteiger charge is 2.49. The van der Waals surface area contributed by atoms with Crippen molar-refractivity contribution in [3.8, 4) is 0 Å². The Morgan fingerprint density at radius 1 is 1.50 bits per heavy atom. The average molecular weight is 213 g/mol. The number of halogens is 1. The lowest BCUT2D eigenvalue weighted by Gasteiger charge is -2.26. The van der Waals surface area contributed by atoms with Gasteiger partial charge in [-0.05, 0) is 37.3 Å². The van der Waals surface area contributed by atoms with E-state index in [9.17, 15) is 0 Å². The number of fused-ring (bicyclic) bond motifs is 1. The topological polar surface area (TPSA) is 56.7 Å². The van der Waals surface area contributed by atoms with E-state index in [1.807, 2.05) is 4.68 Å². The zero-order chi connectivity index (χ0) is 9.76. The first-order chi connectivity index (χ1) is 6.69. The van der Waals surface area contributed by atoms with Crippen molar-refractivity contribution in [1.82, 2.24) is 14.8 Å². The number of hydrogen-bond donors (Lipinski definition) is 1. The Morgan fingerprint density at radius 2 is 2.29 bits per heavy atom. The standard InChI is InChI=1S/C9H13ClN4/c10-8-12-7-6(9(11)3-4-9)2-1-5-14(7)13-8/h6H,1-5,11H2. The molecule has 2 heterocycles. The van der Waals surface area contributed by atoms with Gasteiger partial charge >= 0.3 is 0 Å². The molecule has 76 valence electrons. The van der Waals surface area contributed by atoms with Gasteiger partial charge in [0, 0.05) is 18.0 Å². The second-order valence-electron chi connectivity index (χ2n) is 4.39. The molecule has 2 aliphatic rings. The molecule has 0 aromatic carbocycles. The van der Waals surface area contributed by atoms with Crippen LogP contribution in [0.4, 0.5) is 0 Å². The van der Waals surface area contributed by atoms with Crippen LogP contribution in [0, 0.1) is 0 Å². The van der Waals surface area contributed by atoms with E-state index in [2.05, 4.69) is 10.1 Å². The van der Waals surface area contributed by atoms with E-state index in [1.54, 1.807) is 0 Å². The van der Waals surface area contributed by atoms with Gasteiger partial charge in [-0.25, -0.2) is 9.67 Å². The third-order valence-corrected chi connectivity index (χ3v) is 3.53. The van der Waals surface area contributed by atoms with Crippen molar-refractivity contribution in [3.05, 3.63) is 11.1 Å². The van der Waals surface area contributed by atoms with Gasteiger partial charge in [-0.3, -0.25) is 0 Å². The van der Waals surface area contributed by atoms with E-state index in [4.69, 9.17) is 17.3 Å². The molecule has 0 saturated heterocycles. The maximum Gasteiger partial charge on any atom is 0.242 e. The Hall–Kier alpha value is -0.610. The van der Waals surface area contributed by atoms with Crippen molar-refractivity contribution in [2.45, 2.75) is 43.7 Å². The summed E-state index contributed by atoms with van der Waals surface area (Å²) >= 11 is 5.80. The first-order valence-corrected chi connectivity index (χ1v) is 5.46. The smallest absolute Gasteiger partial charge is 0.242 e. The number of nitrogens with two attached hydrogens (primary N) is 1. The van der Waals surface area contributed by atoms with Gasteiger partial charge in [-0.15, -0.1) is 5.10 Å². The number of hydrogen-bond acceptors (Lipinski definition) is 3. The quantitative estimate of drug-likeness (QED) is 0.764. The van der Waals surface area contributed by atoms with Crippen LogP contribution in [0.5, 0.6) is 0 Å². The molecular formula is C9H13ClN4. The molecular weight excluding hydrogens is 200 g/mol. The monoisotopic (exact) mass is 212 g/mol. The average Bonchev–Trinajstić information content (AvgIpc) is 2.78. The molecule has 2 N–H and O–H groups in total. The van der Waals surface area contributed by atoms with Gasteiger partial charge in [-0.2, -0.15) is 0 Å². The zero-order valence-electron chi connectivity index (χ0n) is 7.91. The van der Waals surface area contributed by atoms with Gasteiger partial charge in [0.25, 0.3) is 0 Å². The fourth-order valence-corrected chi connectivity index (χ4v) is 2.54. The molecule has 1 fully saturated rings. The van der Waals surface area contributed by atoms with Crippen molar-refractivity contribution in [3.63, 3.8) is 0 Å². The highest BCUT2D eigenvalue weighted by atomic mass is 35.5. The SMILES string of the molecule is NC1(C2CCCn3nc(Cl)nc32)CC1. The zero-order valence-corrected chi connectivity index (χ0v) is 8.67. The molecule has 1 aromatic heterocycles. The van der Waals surface area contributed by atoms with Crippen LogP contribution in [0.3, 0.4) is 0 Å². The van der Waals surface area contributed by atoms with Crippen molar-refractivity contribution in [2.24, 2.45) is 5.73 Å². The molecule has 1 aromatic rings. The molecule has 0 radical (unpaired) electrons. The van der Waals surface area contributed by atoms with E-state index >= 15 is 0 Å². The Kier molecular flexibility index (Phi) is 1.67. The molecule has 0 spiro atoms. The Balaban J connectivity index is 2.02.